The molecule has 0 amide bonds. The second kappa shape index (κ2) is 7.00. The molecular weight excluding hydrogens is 388 g/mol. The van der Waals surface area contributed by atoms with Crippen LogP contribution in [0.4, 0.5) is 0 Å². The lowest BCUT2D eigenvalue weighted by Crippen LogP contribution is -2.22. The lowest BCUT2D eigenvalue weighted by molar-refractivity contribution is 0.430. The van der Waals surface area contributed by atoms with Crippen molar-refractivity contribution in [2.45, 2.75) is 0 Å². The Labute approximate surface area is 170 Å². The molecule has 2 aromatic heterocycles. The fourth-order valence-electron chi connectivity index (χ4n) is 3.13. The summed E-state index contributed by atoms with van der Waals surface area (Å²) in [6, 6.07) is 23.6. The van der Waals surface area contributed by atoms with Gasteiger partial charge in [-0.2, -0.15) is 14.8 Å². The number of nitrogens with zero attached hydrogens (tertiary/aromatic N) is 4. The first-order valence-corrected chi connectivity index (χ1v) is 9.26. The first-order valence-electron chi connectivity index (χ1n) is 8.88. The fraction of sp³-hybridized carbons (Fsp3) is 0. The number of hydrogen-bond acceptors (Lipinski definition) is 5. The lowest BCUT2D eigenvalue weighted by Gasteiger charge is -2.08. The predicted octanol–water partition coefficient (Wildman–Crippen LogP) is 4.76. The molecule has 0 spiro atoms. The number of benzene rings is 3. The highest BCUT2D eigenvalue weighted by atomic mass is 35.5. The van der Waals surface area contributed by atoms with Crippen LogP contribution in [0.25, 0.3) is 39.4 Å². The van der Waals surface area contributed by atoms with Gasteiger partial charge in [-0.25, -0.2) is 0 Å². The van der Waals surface area contributed by atoms with E-state index in [1.165, 1.54) is 4.68 Å². The number of fused-ring (bicyclic) bond motifs is 1. The summed E-state index contributed by atoms with van der Waals surface area (Å²) < 4.78 is 6.85. The van der Waals surface area contributed by atoms with E-state index in [1.54, 1.807) is 18.2 Å². The number of halogens is 1. The Hall–Kier alpha value is -3.77. The van der Waals surface area contributed by atoms with E-state index >= 15 is 0 Å². The van der Waals surface area contributed by atoms with E-state index in [1.807, 2.05) is 60.7 Å². The van der Waals surface area contributed by atoms with Crippen LogP contribution in [0.15, 0.2) is 88.2 Å². The summed E-state index contributed by atoms with van der Waals surface area (Å²) in [5.41, 5.74) is 1.65. The molecule has 0 fully saturated rings. The van der Waals surface area contributed by atoms with Gasteiger partial charge >= 0.3 is 0 Å². The molecule has 0 aliphatic carbocycles. The van der Waals surface area contributed by atoms with Crippen molar-refractivity contribution in [3.8, 4) is 28.7 Å². The average molecular weight is 401 g/mol. The van der Waals surface area contributed by atoms with Crippen LogP contribution in [-0.2, 0) is 0 Å². The first kappa shape index (κ1) is 17.3. The molecule has 0 aliphatic rings. The standard InChI is InChI=1S/C22H13ClN4O2/c23-15-12-10-14(11-13-15)20-24-21(29-26-20)19-17-8-4-5-9-18(17)22(28)27(25-19)16-6-2-1-3-7-16/h1-13H. The summed E-state index contributed by atoms with van der Waals surface area (Å²) in [6.45, 7) is 0. The average Bonchev–Trinajstić information content (AvgIpc) is 3.25. The van der Waals surface area contributed by atoms with E-state index in [9.17, 15) is 4.79 Å². The Morgan fingerprint density at radius 3 is 2.28 bits per heavy atom. The molecule has 0 saturated carbocycles. The zero-order chi connectivity index (χ0) is 19.8. The van der Waals surface area contributed by atoms with Crippen molar-refractivity contribution in [3.05, 3.63) is 94.2 Å². The quantitative estimate of drug-likeness (QED) is 0.436. The Kier molecular flexibility index (Phi) is 4.18. The van der Waals surface area contributed by atoms with Gasteiger partial charge in [0.25, 0.3) is 11.4 Å². The smallest absolute Gasteiger partial charge is 0.279 e. The van der Waals surface area contributed by atoms with Crippen LogP contribution in [0.2, 0.25) is 5.02 Å². The highest BCUT2D eigenvalue weighted by molar-refractivity contribution is 6.30. The molecule has 0 radical (unpaired) electrons. The van der Waals surface area contributed by atoms with Gasteiger partial charge in [-0.3, -0.25) is 4.79 Å². The van der Waals surface area contributed by atoms with Crippen molar-refractivity contribution in [2.24, 2.45) is 0 Å². The number of rotatable bonds is 3. The van der Waals surface area contributed by atoms with Gasteiger partial charge in [0, 0.05) is 16.0 Å². The van der Waals surface area contributed by atoms with Gasteiger partial charge in [-0.1, -0.05) is 53.2 Å². The third-order valence-electron chi connectivity index (χ3n) is 4.54. The summed E-state index contributed by atoms with van der Waals surface area (Å²) in [7, 11) is 0. The topological polar surface area (TPSA) is 73.8 Å². The fourth-order valence-corrected chi connectivity index (χ4v) is 3.25. The zero-order valence-corrected chi connectivity index (χ0v) is 15.7. The molecule has 0 atom stereocenters. The van der Waals surface area contributed by atoms with E-state index in [0.29, 0.717) is 33.0 Å². The molecule has 5 rings (SSSR count). The zero-order valence-electron chi connectivity index (χ0n) is 15.0. The molecule has 0 N–H and O–H groups in total. The van der Waals surface area contributed by atoms with Gasteiger partial charge in [0.2, 0.25) is 5.82 Å². The normalized spacial score (nSPS) is 11.1. The Morgan fingerprint density at radius 1 is 0.828 bits per heavy atom. The maximum atomic E-state index is 13.0. The van der Waals surface area contributed by atoms with E-state index in [0.717, 1.165) is 5.56 Å². The minimum atomic E-state index is -0.215. The van der Waals surface area contributed by atoms with Crippen LogP contribution < -0.4 is 5.56 Å². The Balaban J connectivity index is 1.72. The van der Waals surface area contributed by atoms with Gasteiger partial charge < -0.3 is 4.52 Å². The van der Waals surface area contributed by atoms with Crippen LogP contribution in [0.3, 0.4) is 0 Å². The highest BCUT2D eigenvalue weighted by Gasteiger charge is 2.18. The number of para-hydroxylation sites is 1. The summed E-state index contributed by atoms with van der Waals surface area (Å²) in [5, 5.41) is 10.4. The van der Waals surface area contributed by atoms with Crippen molar-refractivity contribution in [3.63, 3.8) is 0 Å². The Bertz CT molecular complexity index is 1380. The van der Waals surface area contributed by atoms with Crippen molar-refractivity contribution in [2.75, 3.05) is 0 Å². The van der Waals surface area contributed by atoms with Crippen molar-refractivity contribution in [1.29, 1.82) is 0 Å². The maximum absolute atomic E-state index is 13.0. The van der Waals surface area contributed by atoms with Gasteiger partial charge in [0.05, 0.1) is 11.1 Å². The molecule has 2 heterocycles. The molecular formula is C22H13ClN4O2. The molecule has 6 nitrogen and oxygen atoms in total. The molecule has 0 aliphatic heterocycles. The molecule has 140 valence electrons. The van der Waals surface area contributed by atoms with Gasteiger partial charge in [0.1, 0.15) is 0 Å². The highest BCUT2D eigenvalue weighted by Crippen LogP contribution is 2.27. The summed E-state index contributed by atoms with van der Waals surface area (Å²) in [4.78, 5) is 17.5. The molecule has 5 aromatic rings. The first-order chi connectivity index (χ1) is 14.2. The molecule has 29 heavy (non-hydrogen) atoms. The second-order valence-corrected chi connectivity index (χ2v) is 6.81. The molecule has 3 aromatic carbocycles. The van der Waals surface area contributed by atoms with Crippen LogP contribution >= 0.6 is 11.6 Å². The van der Waals surface area contributed by atoms with Crippen LogP contribution in [0, 0.1) is 0 Å². The second-order valence-electron chi connectivity index (χ2n) is 6.38. The monoisotopic (exact) mass is 400 g/mol. The lowest BCUT2D eigenvalue weighted by atomic mass is 10.1. The Morgan fingerprint density at radius 2 is 1.52 bits per heavy atom. The molecule has 0 bridgehead atoms. The number of aromatic nitrogens is 4. The third kappa shape index (κ3) is 3.09. The van der Waals surface area contributed by atoms with Crippen molar-refractivity contribution < 1.29 is 4.52 Å². The minimum absolute atomic E-state index is 0.215. The molecule has 0 unspecified atom stereocenters. The van der Waals surface area contributed by atoms with E-state index in [2.05, 4.69) is 15.2 Å². The van der Waals surface area contributed by atoms with Crippen molar-refractivity contribution >= 4 is 22.4 Å². The summed E-state index contributed by atoms with van der Waals surface area (Å²) in [5.74, 6) is 0.649. The van der Waals surface area contributed by atoms with Gasteiger partial charge in [0.15, 0.2) is 5.69 Å². The van der Waals surface area contributed by atoms with Gasteiger partial charge in [-0.05, 0) is 42.5 Å². The third-order valence-corrected chi connectivity index (χ3v) is 4.79. The van der Waals surface area contributed by atoms with Crippen LogP contribution in [0.1, 0.15) is 0 Å². The van der Waals surface area contributed by atoms with Crippen LogP contribution in [-0.4, -0.2) is 19.9 Å². The van der Waals surface area contributed by atoms with Crippen molar-refractivity contribution in [1.82, 2.24) is 19.9 Å². The van der Waals surface area contributed by atoms with E-state index < -0.39 is 0 Å². The minimum Gasteiger partial charge on any atom is -0.332 e. The SMILES string of the molecule is O=c1c2ccccc2c(-c2nc(-c3ccc(Cl)cc3)no2)nn1-c1ccccc1. The van der Waals surface area contributed by atoms with E-state index in [-0.39, 0.29) is 11.4 Å². The van der Waals surface area contributed by atoms with E-state index in [4.69, 9.17) is 16.1 Å². The van der Waals surface area contributed by atoms with Gasteiger partial charge in [-0.15, -0.1) is 0 Å². The van der Waals surface area contributed by atoms with Crippen LogP contribution in [0.5, 0.6) is 0 Å². The number of hydrogen-bond donors (Lipinski definition) is 0. The predicted molar refractivity (Wildman–Crippen MR) is 111 cm³/mol. The maximum Gasteiger partial charge on any atom is 0.279 e. The summed E-state index contributed by atoms with van der Waals surface area (Å²) >= 11 is 5.95. The summed E-state index contributed by atoms with van der Waals surface area (Å²) in [6.07, 6.45) is 0. The largest absolute Gasteiger partial charge is 0.332 e. The molecule has 7 heteroatoms. The molecule has 0 saturated heterocycles.